The molecule has 0 radical (unpaired) electrons. The predicted octanol–water partition coefficient (Wildman–Crippen LogP) is 3.85. The van der Waals surface area contributed by atoms with E-state index in [0.717, 1.165) is 35.6 Å². The molecule has 4 rings (SSSR count). The summed E-state index contributed by atoms with van der Waals surface area (Å²) < 4.78 is 17.3. The summed E-state index contributed by atoms with van der Waals surface area (Å²) in [7, 11) is 4.73. The van der Waals surface area contributed by atoms with Gasteiger partial charge in [0, 0.05) is 19.6 Å². The van der Waals surface area contributed by atoms with Gasteiger partial charge in [0.05, 0.1) is 37.5 Å². The van der Waals surface area contributed by atoms with Crippen LogP contribution >= 0.6 is 11.3 Å². The summed E-state index contributed by atoms with van der Waals surface area (Å²) in [6.07, 6.45) is 1.85. The molecule has 1 aromatic heterocycles. The molecule has 1 amide bonds. The van der Waals surface area contributed by atoms with Crippen molar-refractivity contribution in [1.82, 2.24) is 10.3 Å². The van der Waals surface area contributed by atoms with Crippen molar-refractivity contribution >= 4 is 32.6 Å². The van der Waals surface area contributed by atoms with Crippen molar-refractivity contribution in [2.24, 2.45) is 5.92 Å². The van der Waals surface area contributed by atoms with Crippen LogP contribution in [0.5, 0.6) is 17.2 Å². The van der Waals surface area contributed by atoms with Crippen molar-refractivity contribution in [3.63, 3.8) is 0 Å². The number of carbonyl (C=O) groups is 1. The fourth-order valence-electron chi connectivity index (χ4n) is 3.93. The number of methoxy groups -OCH3 is 3. The number of para-hydroxylation sites is 1. The van der Waals surface area contributed by atoms with Gasteiger partial charge in [-0.15, -0.1) is 0 Å². The van der Waals surface area contributed by atoms with Crippen LogP contribution in [0.1, 0.15) is 18.4 Å². The Balaban J connectivity index is 1.41. The van der Waals surface area contributed by atoms with Gasteiger partial charge in [-0.2, -0.15) is 0 Å². The lowest BCUT2D eigenvalue weighted by Gasteiger charge is -2.31. The van der Waals surface area contributed by atoms with E-state index in [2.05, 4.69) is 16.3 Å². The number of nitrogens with one attached hydrogen (secondary N) is 1. The Labute approximate surface area is 185 Å². The van der Waals surface area contributed by atoms with Gasteiger partial charge in [-0.05, 0) is 42.7 Å². The number of benzene rings is 2. The van der Waals surface area contributed by atoms with Crippen molar-refractivity contribution in [3.8, 4) is 17.2 Å². The number of piperidine rings is 1. The Morgan fingerprint density at radius 2 is 1.90 bits per heavy atom. The number of aromatic nitrogens is 1. The molecular weight excluding hydrogens is 414 g/mol. The molecule has 0 spiro atoms. The average molecular weight is 442 g/mol. The van der Waals surface area contributed by atoms with E-state index >= 15 is 0 Å². The van der Waals surface area contributed by atoms with Crippen molar-refractivity contribution < 1.29 is 19.0 Å². The molecule has 1 N–H and O–H groups in total. The van der Waals surface area contributed by atoms with Crippen LogP contribution in [0.25, 0.3) is 10.2 Å². The largest absolute Gasteiger partial charge is 0.493 e. The Kier molecular flexibility index (Phi) is 6.46. The molecule has 1 fully saturated rings. The van der Waals surface area contributed by atoms with E-state index in [4.69, 9.17) is 19.2 Å². The zero-order valence-corrected chi connectivity index (χ0v) is 18.8. The lowest BCUT2D eigenvalue weighted by molar-refractivity contribution is -0.125. The number of thiazole rings is 1. The van der Waals surface area contributed by atoms with Gasteiger partial charge in [0.25, 0.3) is 0 Å². The van der Waals surface area contributed by atoms with Gasteiger partial charge in [-0.25, -0.2) is 4.98 Å². The average Bonchev–Trinajstić information content (AvgIpc) is 3.26. The van der Waals surface area contributed by atoms with Crippen molar-refractivity contribution in [2.75, 3.05) is 39.3 Å². The molecule has 1 aliphatic heterocycles. The smallest absolute Gasteiger partial charge is 0.225 e. The van der Waals surface area contributed by atoms with E-state index in [1.54, 1.807) is 32.7 Å². The fourth-order valence-corrected chi connectivity index (χ4v) is 4.93. The van der Waals surface area contributed by atoms with E-state index < -0.39 is 0 Å². The first-order valence-corrected chi connectivity index (χ1v) is 11.1. The van der Waals surface area contributed by atoms with Crippen molar-refractivity contribution in [2.45, 2.75) is 19.4 Å². The maximum Gasteiger partial charge on any atom is 0.225 e. The molecule has 8 heteroatoms. The van der Waals surface area contributed by atoms with E-state index in [1.807, 2.05) is 30.3 Å². The quantitative estimate of drug-likeness (QED) is 0.600. The lowest BCUT2D eigenvalue weighted by Crippen LogP contribution is -2.42. The molecule has 7 nitrogen and oxygen atoms in total. The number of carbonyl (C=O) groups excluding carboxylic acids is 1. The van der Waals surface area contributed by atoms with Crippen molar-refractivity contribution in [1.29, 1.82) is 0 Å². The lowest BCUT2D eigenvalue weighted by atomic mass is 9.97. The normalized spacial score (nSPS) is 16.2. The number of hydrogen-bond donors (Lipinski definition) is 1. The minimum absolute atomic E-state index is 0.0552. The highest BCUT2D eigenvalue weighted by molar-refractivity contribution is 7.22. The van der Waals surface area contributed by atoms with Crippen LogP contribution in [0.3, 0.4) is 0 Å². The highest BCUT2D eigenvalue weighted by atomic mass is 32.1. The highest BCUT2D eigenvalue weighted by Crippen LogP contribution is 2.38. The van der Waals surface area contributed by atoms with Gasteiger partial charge < -0.3 is 24.4 Å². The first-order chi connectivity index (χ1) is 15.1. The Morgan fingerprint density at radius 3 is 2.58 bits per heavy atom. The standard InChI is InChI=1S/C23H27N3O4S/c1-28-18-11-15(12-19(29-2)21(18)30-3)13-24-22(27)16-7-6-10-26(14-16)23-25-17-8-4-5-9-20(17)31-23/h4-5,8-9,11-12,16H,6-7,10,13-14H2,1-3H3,(H,24,27). The molecular formula is C23H27N3O4S. The summed E-state index contributed by atoms with van der Waals surface area (Å²) in [4.78, 5) is 19.9. The summed E-state index contributed by atoms with van der Waals surface area (Å²) in [5.41, 5.74) is 1.90. The van der Waals surface area contributed by atoms with E-state index in [-0.39, 0.29) is 11.8 Å². The van der Waals surface area contributed by atoms with Gasteiger partial charge in [-0.1, -0.05) is 23.5 Å². The number of hydrogen-bond acceptors (Lipinski definition) is 7. The maximum absolute atomic E-state index is 12.9. The number of anilines is 1. The van der Waals surface area contributed by atoms with Crippen LogP contribution in [0.2, 0.25) is 0 Å². The Bertz CT molecular complexity index is 1010. The number of amides is 1. The second-order valence-corrected chi connectivity index (χ2v) is 8.51. The summed E-state index contributed by atoms with van der Waals surface area (Å²) in [5, 5.41) is 4.06. The van der Waals surface area contributed by atoms with Gasteiger partial charge in [0.2, 0.25) is 11.7 Å². The molecule has 1 unspecified atom stereocenters. The third kappa shape index (κ3) is 4.54. The zero-order chi connectivity index (χ0) is 21.8. The van der Waals surface area contributed by atoms with E-state index in [1.165, 1.54) is 4.70 Å². The maximum atomic E-state index is 12.9. The third-order valence-corrected chi connectivity index (χ3v) is 6.63. The van der Waals surface area contributed by atoms with E-state index in [9.17, 15) is 4.79 Å². The molecule has 1 atom stereocenters. The summed E-state index contributed by atoms with van der Waals surface area (Å²) in [5.74, 6) is 1.68. The minimum Gasteiger partial charge on any atom is -0.493 e. The molecule has 31 heavy (non-hydrogen) atoms. The molecule has 2 heterocycles. The molecule has 3 aromatic rings. The van der Waals surface area contributed by atoms with Gasteiger partial charge >= 0.3 is 0 Å². The van der Waals surface area contributed by atoms with Crippen LogP contribution in [0.4, 0.5) is 5.13 Å². The highest BCUT2D eigenvalue weighted by Gasteiger charge is 2.27. The van der Waals surface area contributed by atoms with Gasteiger partial charge in [0.1, 0.15) is 0 Å². The molecule has 1 saturated heterocycles. The Hall–Kier alpha value is -3.00. The molecule has 0 aliphatic carbocycles. The number of fused-ring (bicyclic) bond motifs is 1. The Morgan fingerprint density at radius 1 is 1.16 bits per heavy atom. The zero-order valence-electron chi connectivity index (χ0n) is 18.0. The second-order valence-electron chi connectivity index (χ2n) is 7.50. The van der Waals surface area contributed by atoms with Crippen LogP contribution in [-0.2, 0) is 11.3 Å². The topological polar surface area (TPSA) is 72.9 Å². The van der Waals surface area contributed by atoms with Crippen molar-refractivity contribution in [3.05, 3.63) is 42.0 Å². The first kappa shape index (κ1) is 21.2. The number of ether oxygens (including phenoxy) is 3. The first-order valence-electron chi connectivity index (χ1n) is 10.3. The van der Waals surface area contributed by atoms with E-state index in [0.29, 0.717) is 30.3 Å². The third-order valence-electron chi connectivity index (χ3n) is 5.54. The summed E-state index contributed by atoms with van der Waals surface area (Å²) in [6, 6.07) is 11.9. The van der Waals surface area contributed by atoms with Gasteiger partial charge in [-0.3, -0.25) is 4.79 Å². The molecule has 0 saturated carbocycles. The predicted molar refractivity (Wildman–Crippen MR) is 123 cm³/mol. The van der Waals surface area contributed by atoms with Crippen LogP contribution in [-0.4, -0.2) is 45.3 Å². The van der Waals surface area contributed by atoms with Crippen LogP contribution in [0, 0.1) is 5.92 Å². The molecule has 164 valence electrons. The SMILES string of the molecule is COc1cc(CNC(=O)C2CCCN(c3nc4ccccc4s3)C2)cc(OC)c1OC. The van der Waals surface area contributed by atoms with Gasteiger partial charge in [0.15, 0.2) is 16.6 Å². The fraction of sp³-hybridized carbons (Fsp3) is 0.391. The number of rotatable bonds is 7. The molecule has 2 aromatic carbocycles. The van der Waals surface area contributed by atoms with Crippen LogP contribution in [0.15, 0.2) is 36.4 Å². The number of nitrogens with zero attached hydrogens (tertiary/aromatic N) is 2. The molecule has 1 aliphatic rings. The summed E-state index contributed by atoms with van der Waals surface area (Å²) in [6.45, 7) is 2.00. The second kappa shape index (κ2) is 9.43. The summed E-state index contributed by atoms with van der Waals surface area (Å²) >= 11 is 1.68. The monoisotopic (exact) mass is 441 g/mol. The minimum atomic E-state index is -0.0669. The molecule has 0 bridgehead atoms. The van der Waals surface area contributed by atoms with Crippen LogP contribution < -0.4 is 24.4 Å².